The van der Waals surface area contributed by atoms with E-state index in [1.807, 2.05) is 14.1 Å². The van der Waals surface area contributed by atoms with E-state index in [1.165, 1.54) is 0 Å². The number of carbonyl (C=O) groups is 1. The van der Waals surface area contributed by atoms with Crippen LogP contribution in [-0.4, -0.2) is 60.1 Å². The minimum absolute atomic E-state index is 0.155. The molecular weight excluding hydrogens is 192 g/mol. The summed E-state index contributed by atoms with van der Waals surface area (Å²) in [5.41, 5.74) is -0.155. The molecule has 1 heterocycles. The number of likely N-dealkylation sites (tertiary alicyclic amines) is 1. The van der Waals surface area contributed by atoms with E-state index in [1.54, 1.807) is 0 Å². The molecule has 88 valence electrons. The number of carboxylic acid groups (broad SMARTS) is 1. The average Bonchev–Trinajstić information content (AvgIpc) is 2.10. The van der Waals surface area contributed by atoms with E-state index in [9.17, 15) is 4.79 Å². The Hall–Kier alpha value is -0.610. The average molecular weight is 214 g/mol. The molecule has 0 radical (unpaired) electrons. The van der Waals surface area contributed by atoms with E-state index in [2.05, 4.69) is 23.8 Å². The number of hydrogen-bond acceptors (Lipinski definition) is 3. The van der Waals surface area contributed by atoms with E-state index >= 15 is 0 Å². The van der Waals surface area contributed by atoms with Crippen LogP contribution < -0.4 is 0 Å². The summed E-state index contributed by atoms with van der Waals surface area (Å²) in [4.78, 5) is 15.3. The molecule has 1 N–H and O–H groups in total. The first kappa shape index (κ1) is 12.5. The Morgan fingerprint density at radius 2 is 2.20 bits per heavy atom. The highest BCUT2D eigenvalue weighted by Crippen LogP contribution is 2.33. The molecule has 0 aromatic rings. The van der Waals surface area contributed by atoms with Crippen molar-refractivity contribution in [3.63, 3.8) is 0 Å². The van der Waals surface area contributed by atoms with Gasteiger partial charge in [0.2, 0.25) is 0 Å². The highest BCUT2D eigenvalue weighted by molar-refractivity contribution is 5.68. The van der Waals surface area contributed by atoms with Gasteiger partial charge in [-0.2, -0.15) is 0 Å². The van der Waals surface area contributed by atoms with E-state index in [0.29, 0.717) is 6.04 Å². The Kier molecular flexibility index (Phi) is 3.73. The van der Waals surface area contributed by atoms with Gasteiger partial charge in [0.25, 0.3) is 0 Å². The lowest BCUT2D eigenvalue weighted by molar-refractivity contribution is -0.141. The van der Waals surface area contributed by atoms with Crippen LogP contribution in [0.3, 0.4) is 0 Å². The lowest BCUT2D eigenvalue weighted by Crippen LogP contribution is -2.55. The first-order valence-corrected chi connectivity index (χ1v) is 5.47. The Balaban J connectivity index is 2.78. The third-order valence-electron chi connectivity index (χ3n) is 3.79. The van der Waals surface area contributed by atoms with Crippen LogP contribution in [0.5, 0.6) is 0 Å². The lowest BCUT2D eigenvalue weighted by atomic mass is 9.80. The highest BCUT2D eigenvalue weighted by atomic mass is 16.4. The molecule has 15 heavy (non-hydrogen) atoms. The molecule has 4 heteroatoms. The van der Waals surface area contributed by atoms with Gasteiger partial charge >= 0.3 is 5.97 Å². The summed E-state index contributed by atoms with van der Waals surface area (Å²) in [6.07, 6.45) is 2.12. The van der Waals surface area contributed by atoms with Crippen molar-refractivity contribution in [2.45, 2.75) is 37.8 Å². The van der Waals surface area contributed by atoms with Gasteiger partial charge < -0.3 is 14.9 Å². The van der Waals surface area contributed by atoms with Crippen LogP contribution in [0.4, 0.5) is 0 Å². The number of hydrogen-bond donors (Lipinski definition) is 1. The molecule has 0 amide bonds. The summed E-state index contributed by atoms with van der Waals surface area (Å²) in [5.74, 6) is -0.694. The zero-order chi connectivity index (χ0) is 11.6. The van der Waals surface area contributed by atoms with Crippen LogP contribution in [0.1, 0.15) is 26.2 Å². The SMILES string of the molecule is CC1CC(CC(=O)O)(N(C)C)CCN1C. The van der Waals surface area contributed by atoms with Crippen LogP contribution in [0.15, 0.2) is 0 Å². The number of nitrogens with zero attached hydrogens (tertiary/aromatic N) is 2. The summed E-state index contributed by atoms with van der Waals surface area (Å²) in [6.45, 7) is 3.14. The highest BCUT2D eigenvalue weighted by Gasteiger charge is 2.40. The van der Waals surface area contributed by atoms with Crippen LogP contribution in [0.25, 0.3) is 0 Å². The number of carboxylic acids is 1. The fraction of sp³-hybridized carbons (Fsp3) is 0.909. The van der Waals surface area contributed by atoms with Crippen LogP contribution in [-0.2, 0) is 4.79 Å². The van der Waals surface area contributed by atoms with Crippen LogP contribution in [0, 0.1) is 0 Å². The van der Waals surface area contributed by atoms with Gasteiger partial charge in [-0.1, -0.05) is 0 Å². The molecule has 0 bridgehead atoms. The van der Waals surface area contributed by atoms with Gasteiger partial charge in [-0.05, 0) is 47.5 Å². The van der Waals surface area contributed by atoms with Crippen molar-refractivity contribution in [1.29, 1.82) is 0 Å². The number of rotatable bonds is 3. The van der Waals surface area contributed by atoms with E-state index in [-0.39, 0.29) is 12.0 Å². The van der Waals surface area contributed by atoms with Crippen LogP contribution >= 0.6 is 0 Å². The van der Waals surface area contributed by atoms with Crippen molar-refractivity contribution in [3.05, 3.63) is 0 Å². The van der Waals surface area contributed by atoms with Gasteiger partial charge in [-0.3, -0.25) is 4.79 Å². The lowest BCUT2D eigenvalue weighted by Gasteiger charge is -2.47. The van der Waals surface area contributed by atoms with Crippen molar-refractivity contribution < 1.29 is 9.90 Å². The second-order valence-corrected chi connectivity index (χ2v) is 4.97. The Bertz CT molecular complexity index is 243. The maximum atomic E-state index is 10.9. The first-order valence-electron chi connectivity index (χ1n) is 5.47. The zero-order valence-corrected chi connectivity index (χ0v) is 10.2. The summed E-state index contributed by atoms with van der Waals surface area (Å²) in [7, 11) is 6.08. The van der Waals surface area contributed by atoms with Gasteiger partial charge in [0.05, 0.1) is 6.42 Å². The van der Waals surface area contributed by atoms with Crippen molar-refractivity contribution >= 4 is 5.97 Å². The Morgan fingerprint density at radius 3 is 2.60 bits per heavy atom. The van der Waals surface area contributed by atoms with Crippen molar-refractivity contribution in [2.75, 3.05) is 27.7 Å². The predicted molar refractivity (Wildman–Crippen MR) is 60.0 cm³/mol. The number of piperidine rings is 1. The maximum Gasteiger partial charge on any atom is 0.305 e. The molecule has 0 aliphatic carbocycles. The summed E-state index contributed by atoms with van der Waals surface area (Å²) in [6, 6.07) is 0.459. The van der Waals surface area contributed by atoms with Gasteiger partial charge in [0, 0.05) is 11.6 Å². The molecular formula is C11H22N2O2. The number of aliphatic carboxylic acids is 1. The largest absolute Gasteiger partial charge is 0.481 e. The standard InChI is InChI=1S/C11H22N2O2/c1-9-7-11(12(2)3,8-10(14)15)5-6-13(9)4/h9H,5-8H2,1-4H3,(H,14,15). The van der Waals surface area contributed by atoms with E-state index in [0.717, 1.165) is 19.4 Å². The van der Waals surface area contributed by atoms with Crippen molar-refractivity contribution in [3.8, 4) is 0 Å². The molecule has 1 saturated heterocycles. The maximum absolute atomic E-state index is 10.9. The quantitative estimate of drug-likeness (QED) is 0.757. The van der Waals surface area contributed by atoms with Gasteiger partial charge in [-0.25, -0.2) is 0 Å². The molecule has 4 nitrogen and oxygen atoms in total. The van der Waals surface area contributed by atoms with Gasteiger partial charge in [-0.15, -0.1) is 0 Å². The van der Waals surface area contributed by atoms with Crippen LogP contribution in [0.2, 0.25) is 0 Å². The zero-order valence-electron chi connectivity index (χ0n) is 10.2. The molecule has 0 spiro atoms. The topological polar surface area (TPSA) is 43.8 Å². The molecule has 1 fully saturated rings. The Morgan fingerprint density at radius 1 is 1.60 bits per heavy atom. The van der Waals surface area contributed by atoms with Gasteiger partial charge in [0.15, 0.2) is 0 Å². The molecule has 1 rings (SSSR count). The van der Waals surface area contributed by atoms with Crippen molar-refractivity contribution in [1.82, 2.24) is 9.80 Å². The first-order chi connectivity index (χ1) is 6.87. The van der Waals surface area contributed by atoms with E-state index in [4.69, 9.17) is 5.11 Å². The minimum atomic E-state index is -0.694. The second-order valence-electron chi connectivity index (χ2n) is 4.97. The third kappa shape index (κ3) is 2.69. The minimum Gasteiger partial charge on any atom is -0.481 e. The predicted octanol–water partition coefficient (Wildman–Crippen LogP) is 0.876. The summed E-state index contributed by atoms with van der Waals surface area (Å²) < 4.78 is 0. The van der Waals surface area contributed by atoms with Gasteiger partial charge in [0.1, 0.15) is 0 Å². The monoisotopic (exact) mass is 214 g/mol. The molecule has 2 atom stereocenters. The second kappa shape index (κ2) is 4.49. The fourth-order valence-corrected chi connectivity index (χ4v) is 2.42. The smallest absolute Gasteiger partial charge is 0.305 e. The summed E-state index contributed by atoms with van der Waals surface area (Å²) in [5, 5.41) is 8.99. The molecule has 0 aromatic heterocycles. The molecule has 1 aliphatic rings. The fourth-order valence-electron chi connectivity index (χ4n) is 2.42. The van der Waals surface area contributed by atoms with Crippen molar-refractivity contribution in [2.24, 2.45) is 0 Å². The molecule has 2 unspecified atom stereocenters. The summed E-state index contributed by atoms with van der Waals surface area (Å²) >= 11 is 0. The third-order valence-corrected chi connectivity index (χ3v) is 3.79. The Labute approximate surface area is 91.9 Å². The molecule has 0 saturated carbocycles. The van der Waals surface area contributed by atoms with E-state index < -0.39 is 5.97 Å². The normalized spacial score (nSPS) is 33.3. The molecule has 0 aromatic carbocycles. The molecule has 1 aliphatic heterocycles.